The first-order valence-corrected chi connectivity index (χ1v) is 6.86. The molecule has 1 fully saturated rings. The van der Waals surface area contributed by atoms with Gasteiger partial charge in [-0.25, -0.2) is 0 Å². The summed E-state index contributed by atoms with van der Waals surface area (Å²) in [7, 11) is 1.66. The van der Waals surface area contributed by atoms with E-state index in [0.717, 1.165) is 24.5 Å². The summed E-state index contributed by atoms with van der Waals surface area (Å²) in [6.45, 7) is 2.96. The Morgan fingerprint density at radius 2 is 1.86 bits per heavy atom. The first kappa shape index (κ1) is 13.5. The van der Waals surface area contributed by atoms with E-state index in [0.29, 0.717) is 18.8 Å². The molecule has 0 bridgehead atoms. The average Bonchev–Trinajstić information content (AvgIpc) is 3.09. The number of methoxy groups -OCH3 is 1. The first-order valence-electron chi connectivity index (χ1n) is 6.86. The molecular formula is C15H17N3O3. The predicted molar refractivity (Wildman–Crippen MR) is 77.6 cm³/mol. The molecule has 0 saturated carbocycles. The smallest absolute Gasteiger partial charge is 0.276 e. The number of hydrogen-bond donors (Lipinski definition) is 0. The average molecular weight is 287 g/mol. The maximum Gasteiger partial charge on any atom is 0.276 e. The van der Waals surface area contributed by atoms with Crippen molar-refractivity contribution in [2.24, 2.45) is 0 Å². The minimum absolute atomic E-state index is 0.0712. The highest BCUT2D eigenvalue weighted by Gasteiger charge is 2.23. The second-order valence-corrected chi connectivity index (χ2v) is 4.86. The van der Waals surface area contributed by atoms with Gasteiger partial charge in [-0.1, -0.05) is 5.16 Å². The zero-order chi connectivity index (χ0) is 14.7. The van der Waals surface area contributed by atoms with Gasteiger partial charge in [0.2, 0.25) is 0 Å². The number of ether oxygens (including phenoxy) is 1. The minimum atomic E-state index is -0.0712. The number of anilines is 1. The lowest BCUT2D eigenvalue weighted by molar-refractivity contribution is 0.0736. The van der Waals surface area contributed by atoms with Gasteiger partial charge in [-0.15, -0.1) is 0 Å². The van der Waals surface area contributed by atoms with E-state index in [4.69, 9.17) is 9.26 Å². The van der Waals surface area contributed by atoms with Crippen LogP contribution in [0.3, 0.4) is 0 Å². The van der Waals surface area contributed by atoms with Gasteiger partial charge in [0.25, 0.3) is 5.91 Å². The lowest BCUT2D eigenvalue weighted by atomic mass is 10.2. The predicted octanol–water partition coefficient (Wildman–Crippen LogP) is 1.65. The van der Waals surface area contributed by atoms with Crippen LogP contribution in [0.25, 0.3) is 0 Å². The third-order valence-electron chi connectivity index (χ3n) is 3.66. The third kappa shape index (κ3) is 2.84. The Kier molecular flexibility index (Phi) is 3.77. The second-order valence-electron chi connectivity index (χ2n) is 4.86. The van der Waals surface area contributed by atoms with E-state index >= 15 is 0 Å². The fourth-order valence-corrected chi connectivity index (χ4v) is 2.45. The van der Waals surface area contributed by atoms with Crippen molar-refractivity contribution in [3.8, 4) is 5.75 Å². The first-order chi connectivity index (χ1) is 10.3. The summed E-state index contributed by atoms with van der Waals surface area (Å²) in [6.07, 6.45) is 1.42. The quantitative estimate of drug-likeness (QED) is 0.859. The van der Waals surface area contributed by atoms with Gasteiger partial charge in [-0.2, -0.15) is 0 Å². The number of nitrogens with zero attached hydrogens (tertiary/aromatic N) is 3. The molecule has 2 heterocycles. The van der Waals surface area contributed by atoms with Crippen molar-refractivity contribution in [2.75, 3.05) is 38.2 Å². The summed E-state index contributed by atoms with van der Waals surface area (Å²) in [5, 5.41) is 3.69. The molecule has 0 unspecified atom stereocenters. The Hall–Kier alpha value is -2.50. The van der Waals surface area contributed by atoms with Crippen LogP contribution in [0, 0.1) is 0 Å². The topological polar surface area (TPSA) is 58.8 Å². The van der Waals surface area contributed by atoms with E-state index in [1.165, 1.54) is 6.26 Å². The van der Waals surface area contributed by atoms with Gasteiger partial charge in [0.1, 0.15) is 12.0 Å². The number of carbonyl (C=O) groups excluding carboxylic acids is 1. The van der Waals surface area contributed by atoms with Gasteiger partial charge in [0.15, 0.2) is 5.69 Å². The molecule has 1 saturated heterocycles. The van der Waals surface area contributed by atoms with Gasteiger partial charge in [-0.3, -0.25) is 4.79 Å². The number of benzene rings is 1. The van der Waals surface area contributed by atoms with Crippen LogP contribution in [0.1, 0.15) is 10.5 Å². The van der Waals surface area contributed by atoms with Crippen molar-refractivity contribution in [1.82, 2.24) is 10.1 Å². The van der Waals surface area contributed by atoms with Gasteiger partial charge in [0, 0.05) is 37.9 Å². The molecule has 1 aliphatic rings. The Labute approximate surface area is 122 Å². The highest BCUT2D eigenvalue weighted by molar-refractivity contribution is 5.92. The summed E-state index contributed by atoms with van der Waals surface area (Å²) in [6, 6.07) is 9.56. The highest BCUT2D eigenvalue weighted by atomic mass is 16.5. The maximum atomic E-state index is 12.2. The number of aromatic nitrogens is 1. The molecule has 3 rings (SSSR count). The van der Waals surface area contributed by atoms with E-state index in [-0.39, 0.29) is 5.91 Å². The van der Waals surface area contributed by atoms with Gasteiger partial charge in [0.05, 0.1) is 7.11 Å². The molecule has 0 radical (unpaired) electrons. The highest BCUT2D eigenvalue weighted by Crippen LogP contribution is 2.20. The molecule has 2 aromatic rings. The maximum absolute atomic E-state index is 12.2. The lowest BCUT2D eigenvalue weighted by Crippen LogP contribution is -2.48. The van der Waals surface area contributed by atoms with Gasteiger partial charge in [-0.05, 0) is 24.3 Å². The van der Waals surface area contributed by atoms with E-state index in [1.54, 1.807) is 18.1 Å². The normalized spacial score (nSPS) is 15.1. The SMILES string of the molecule is COc1ccc(N2CCN(C(=O)c3ccon3)CC2)cc1. The Morgan fingerprint density at radius 1 is 1.14 bits per heavy atom. The minimum Gasteiger partial charge on any atom is -0.497 e. The second kappa shape index (κ2) is 5.87. The fourth-order valence-electron chi connectivity index (χ4n) is 2.45. The molecule has 0 spiro atoms. The van der Waals surface area contributed by atoms with E-state index in [1.807, 2.05) is 24.3 Å². The van der Waals surface area contributed by atoms with Crippen molar-refractivity contribution in [2.45, 2.75) is 0 Å². The third-order valence-corrected chi connectivity index (χ3v) is 3.66. The summed E-state index contributed by atoms with van der Waals surface area (Å²) in [4.78, 5) is 16.2. The molecule has 1 aromatic carbocycles. The van der Waals surface area contributed by atoms with E-state index in [2.05, 4.69) is 10.1 Å². The largest absolute Gasteiger partial charge is 0.497 e. The summed E-state index contributed by atoms with van der Waals surface area (Å²) < 4.78 is 9.88. The van der Waals surface area contributed by atoms with Crippen LogP contribution in [-0.4, -0.2) is 49.3 Å². The number of amides is 1. The van der Waals surface area contributed by atoms with Gasteiger partial charge >= 0.3 is 0 Å². The molecular weight excluding hydrogens is 270 g/mol. The van der Waals surface area contributed by atoms with Crippen molar-refractivity contribution < 1.29 is 14.1 Å². The van der Waals surface area contributed by atoms with Crippen molar-refractivity contribution in [3.63, 3.8) is 0 Å². The standard InChI is InChI=1S/C15H17N3O3/c1-20-13-4-2-12(3-5-13)17-7-9-18(10-8-17)15(19)14-6-11-21-16-14/h2-6,11H,7-10H2,1H3. The Morgan fingerprint density at radius 3 is 2.43 bits per heavy atom. The Bertz CT molecular complexity index is 587. The van der Waals surface area contributed by atoms with Crippen molar-refractivity contribution in [1.29, 1.82) is 0 Å². The lowest BCUT2D eigenvalue weighted by Gasteiger charge is -2.35. The van der Waals surface area contributed by atoms with E-state index < -0.39 is 0 Å². The number of rotatable bonds is 3. The fraction of sp³-hybridized carbons (Fsp3) is 0.333. The van der Waals surface area contributed by atoms with Crippen LogP contribution in [0.5, 0.6) is 5.75 Å². The van der Waals surface area contributed by atoms with Crippen LogP contribution in [0.4, 0.5) is 5.69 Å². The number of piperazine rings is 1. The van der Waals surface area contributed by atoms with Crippen LogP contribution in [0.2, 0.25) is 0 Å². The molecule has 1 aromatic heterocycles. The van der Waals surface area contributed by atoms with Gasteiger partial charge < -0.3 is 19.1 Å². The molecule has 0 N–H and O–H groups in total. The van der Waals surface area contributed by atoms with Crippen LogP contribution in [0.15, 0.2) is 41.1 Å². The molecule has 110 valence electrons. The zero-order valence-electron chi connectivity index (χ0n) is 11.9. The molecule has 0 aliphatic carbocycles. The van der Waals surface area contributed by atoms with Crippen molar-refractivity contribution in [3.05, 3.63) is 42.3 Å². The summed E-state index contributed by atoms with van der Waals surface area (Å²) >= 11 is 0. The molecule has 0 atom stereocenters. The molecule has 6 nitrogen and oxygen atoms in total. The Balaban J connectivity index is 1.60. The summed E-state index contributed by atoms with van der Waals surface area (Å²) in [5.74, 6) is 0.775. The zero-order valence-corrected chi connectivity index (χ0v) is 11.9. The molecule has 1 amide bonds. The van der Waals surface area contributed by atoms with Crippen LogP contribution in [-0.2, 0) is 0 Å². The number of carbonyl (C=O) groups is 1. The van der Waals surface area contributed by atoms with E-state index in [9.17, 15) is 4.79 Å². The molecule has 6 heteroatoms. The van der Waals surface area contributed by atoms with Crippen LogP contribution >= 0.6 is 0 Å². The monoisotopic (exact) mass is 287 g/mol. The molecule has 21 heavy (non-hydrogen) atoms. The summed E-state index contributed by atoms with van der Waals surface area (Å²) in [5.41, 5.74) is 1.51. The number of hydrogen-bond acceptors (Lipinski definition) is 5. The van der Waals surface area contributed by atoms with Crippen molar-refractivity contribution >= 4 is 11.6 Å². The molecule has 1 aliphatic heterocycles. The van der Waals surface area contributed by atoms with Crippen LogP contribution < -0.4 is 9.64 Å².